The second kappa shape index (κ2) is 10.9. The van der Waals surface area contributed by atoms with E-state index in [2.05, 4.69) is 5.32 Å². The number of ketones is 1. The highest BCUT2D eigenvalue weighted by Gasteiger charge is 2.39. The molecule has 0 bridgehead atoms. The summed E-state index contributed by atoms with van der Waals surface area (Å²) >= 11 is 1.32. The summed E-state index contributed by atoms with van der Waals surface area (Å²) in [6.45, 7) is 7.91. The molecule has 1 N–H and O–H groups in total. The SMILES string of the molecule is CC(=O)c1ccc(NC(=O)CC2SC(=Nc3cc(C)ccc3C)N(Cc3ccc(C)cc3)C2=O)cc1. The third kappa shape index (κ3) is 6.10. The second-order valence-corrected chi connectivity index (χ2v) is 10.3. The molecule has 0 spiro atoms. The van der Waals surface area contributed by atoms with Crippen LogP contribution in [0.15, 0.2) is 71.7 Å². The van der Waals surface area contributed by atoms with E-state index >= 15 is 0 Å². The van der Waals surface area contributed by atoms with Crippen molar-refractivity contribution in [2.24, 2.45) is 4.99 Å². The number of amides is 2. The van der Waals surface area contributed by atoms with Crippen LogP contribution in [0.4, 0.5) is 11.4 Å². The van der Waals surface area contributed by atoms with Gasteiger partial charge in [-0.3, -0.25) is 19.3 Å². The molecule has 0 aromatic heterocycles. The molecule has 0 radical (unpaired) electrons. The Labute approximate surface area is 215 Å². The van der Waals surface area contributed by atoms with Crippen molar-refractivity contribution in [3.63, 3.8) is 0 Å². The lowest BCUT2D eigenvalue weighted by molar-refractivity contribution is -0.128. The van der Waals surface area contributed by atoms with Crippen molar-refractivity contribution in [2.45, 2.75) is 45.9 Å². The fourth-order valence-electron chi connectivity index (χ4n) is 3.86. The number of anilines is 1. The van der Waals surface area contributed by atoms with E-state index in [1.54, 1.807) is 29.2 Å². The first-order chi connectivity index (χ1) is 17.2. The highest BCUT2D eigenvalue weighted by Crippen LogP contribution is 2.34. The molecule has 1 atom stereocenters. The molecule has 1 aliphatic heterocycles. The van der Waals surface area contributed by atoms with Gasteiger partial charge in [0.2, 0.25) is 11.8 Å². The van der Waals surface area contributed by atoms with Gasteiger partial charge >= 0.3 is 0 Å². The number of thioether (sulfide) groups is 1. The van der Waals surface area contributed by atoms with Gasteiger partial charge < -0.3 is 5.32 Å². The Morgan fingerprint density at radius 1 is 0.944 bits per heavy atom. The van der Waals surface area contributed by atoms with Gasteiger partial charge in [0.15, 0.2) is 11.0 Å². The van der Waals surface area contributed by atoms with E-state index in [1.165, 1.54) is 18.7 Å². The maximum absolute atomic E-state index is 13.4. The van der Waals surface area contributed by atoms with Crippen molar-refractivity contribution < 1.29 is 14.4 Å². The zero-order valence-electron chi connectivity index (χ0n) is 20.9. The van der Waals surface area contributed by atoms with E-state index in [0.29, 0.717) is 23.0 Å². The molecule has 1 unspecified atom stereocenters. The number of Topliss-reactive ketones (excluding diaryl/α,β-unsaturated/α-hetero) is 1. The summed E-state index contributed by atoms with van der Waals surface area (Å²) in [6.07, 6.45) is 0.0220. The topological polar surface area (TPSA) is 78.8 Å². The van der Waals surface area contributed by atoms with Crippen molar-refractivity contribution in [2.75, 3.05) is 5.32 Å². The first kappa shape index (κ1) is 25.4. The fraction of sp³-hybridized carbons (Fsp3) is 0.241. The largest absolute Gasteiger partial charge is 0.326 e. The number of hydrogen-bond donors (Lipinski definition) is 1. The lowest BCUT2D eigenvalue weighted by atomic mass is 10.1. The van der Waals surface area contributed by atoms with E-state index in [9.17, 15) is 14.4 Å². The van der Waals surface area contributed by atoms with Crippen LogP contribution in [-0.2, 0) is 16.1 Å². The van der Waals surface area contributed by atoms with Gasteiger partial charge in [0.05, 0.1) is 12.2 Å². The summed E-state index contributed by atoms with van der Waals surface area (Å²) in [6, 6.07) is 20.8. The van der Waals surface area contributed by atoms with Crippen LogP contribution < -0.4 is 5.32 Å². The van der Waals surface area contributed by atoms with Crippen molar-refractivity contribution in [3.8, 4) is 0 Å². The van der Waals surface area contributed by atoms with Crippen LogP contribution in [0, 0.1) is 20.8 Å². The number of nitrogens with one attached hydrogen (secondary N) is 1. The third-order valence-corrected chi connectivity index (χ3v) is 7.18. The van der Waals surface area contributed by atoms with Crippen LogP contribution in [-0.4, -0.2) is 32.9 Å². The second-order valence-electron chi connectivity index (χ2n) is 9.09. The predicted molar refractivity (Wildman–Crippen MR) is 146 cm³/mol. The molecule has 0 aliphatic carbocycles. The number of nitrogens with zero attached hydrogens (tertiary/aromatic N) is 2. The van der Waals surface area contributed by atoms with E-state index < -0.39 is 5.25 Å². The Balaban J connectivity index is 1.55. The number of carbonyl (C=O) groups is 3. The number of carbonyl (C=O) groups excluding carboxylic acids is 3. The molecule has 6 nitrogen and oxygen atoms in total. The van der Waals surface area contributed by atoms with Crippen LogP contribution in [0.3, 0.4) is 0 Å². The minimum atomic E-state index is -0.573. The van der Waals surface area contributed by atoms with Gasteiger partial charge in [0, 0.05) is 17.7 Å². The minimum absolute atomic E-state index is 0.0220. The molecule has 2 amide bonds. The maximum Gasteiger partial charge on any atom is 0.242 e. The van der Waals surface area contributed by atoms with Crippen molar-refractivity contribution in [1.82, 2.24) is 4.90 Å². The number of amidine groups is 1. The van der Waals surface area contributed by atoms with Gasteiger partial charge in [-0.1, -0.05) is 53.7 Å². The maximum atomic E-state index is 13.4. The van der Waals surface area contributed by atoms with Crippen LogP contribution >= 0.6 is 11.8 Å². The normalized spacial score (nSPS) is 16.4. The van der Waals surface area contributed by atoms with Crippen LogP contribution in [0.5, 0.6) is 0 Å². The smallest absolute Gasteiger partial charge is 0.242 e. The fourth-order valence-corrected chi connectivity index (χ4v) is 5.01. The van der Waals surface area contributed by atoms with Crippen LogP contribution in [0.2, 0.25) is 0 Å². The minimum Gasteiger partial charge on any atom is -0.326 e. The van der Waals surface area contributed by atoms with Gasteiger partial charge in [0.25, 0.3) is 0 Å². The van der Waals surface area contributed by atoms with Crippen LogP contribution in [0.1, 0.15) is 46.0 Å². The Hall–Kier alpha value is -3.71. The summed E-state index contributed by atoms with van der Waals surface area (Å²) < 4.78 is 0. The molecule has 1 fully saturated rings. The Morgan fingerprint density at radius 3 is 2.28 bits per heavy atom. The molecule has 0 saturated carbocycles. The van der Waals surface area contributed by atoms with E-state index in [1.807, 2.05) is 63.2 Å². The standard InChI is InChI=1S/C29H29N3O3S/c1-18-6-9-22(10-7-18)17-32-28(35)26(36-29(32)31-25-15-19(2)5-8-20(25)3)16-27(34)30-24-13-11-23(12-14-24)21(4)33/h5-15,26H,16-17H2,1-4H3,(H,30,34). The number of aryl methyl sites for hydroxylation is 3. The van der Waals surface area contributed by atoms with Gasteiger partial charge in [-0.15, -0.1) is 0 Å². The van der Waals surface area contributed by atoms with Gasteiger partial charge in [-0.05, 0) is 74.7 Å². The van der Waals surface area contributed by atoms with Crippen molar-refractivity contribution >= 4 is 45.9 Å². The van der Waals surface area contributed by atoms with Gasteiger partial charge in [-0.25, -0.2) is 4.99 Å². The highest BCUT2D eigenvalue weighted by atomic mass is 32.2. The molecular formula is C29H29N3O3S. The lowest BCUT2D eigenvalue weighted by Gasteiger charge is -2.17. The average Bonchev–Trinajstić information content (AvgIpc) is 3.11. The average molecular weight is 500 g/mol. The molecule has 4 rings (SSSR count). The summed E-state index contributed by atoms with van der Waals surface area (Å²) in [7, 11) is 0. The van der Waals surface area contributed by atoms with E-state index in [0.717, 1.165) is 27.9 Å². The first-order valence-corrected chi connectivity index (χ1v) is 12.7. The molecule has 36 heavy (non-hydrogen) atoms. The number of hydrogen-bond acceptors (Lipinski definition) is 5. The molecule has 1 heterocycles. The summed E-state index contributed by atoms with van der Waals surface area (Å²) in [4.78, 5) is 44.3. The Kier molecular flexibility index (Phi) is 7.70. The molecule has 184 valence electrons. The Morgan fingerprint density at radius 2 is 1.61 bits per heavy atom. The van der Waals surface area contributed by atoms with Crippen molar-refractivity contribution in [3.05, 3.63) is 94.5 Å². The van der Waals surface area contributed by atoms with E-state index in [4.69, 9.17) is 4.99 Å². The quantitative estimate of drug-likeness (QED) is 0.406. The Bertz CT molecular complexity index is 1330. The highest BCUT2D eigenvalue weighted by molar-refractivity contribution is 8.15. The molecule has 3 aromatic rings. The number of rotatable bonds is 7. The molecule has 3 aromatic carbocycles. The molecule has 1 saturated heterocycles. The lowest BCUT2D eigenvalue weighted by Crippen LogP contribution is -2.33. The molecule has 1 aliphatic rings. The van der Waals surface area contributed by atoms with Crippen LogP contribution in [0.25, 0.3) is 0 Å². The summed E-state index contributed by atoms with van der Waals surface area (Å²) in [5.41, 5.74) is 6.23. The number of benzene rings is 3. The number of aliphatic imine (C=N–C) groups is 1. The first-order valence-electron chi connectivity index (χ1n) is 11.8. The van der Waals surface area contributed by atoms with Gasteiger partial charge in [0.1, 0.15) is 5.25 Å². The van der Waals surface area contributed by atoms with E-state index in [-0.39, 0.29) is 24.0 Å². The molecular weight excluding hydrogens is 470 g/mol. The van der Waals surface area contributed by atoms with Gasteiger partial charge in [-0.2, -0.15) is 0 Å². The summed E-state index contributed by atoms with van der Waals surface area (Å²) in [5.74, 6) is -0.434. The third-order valence-electron chi connectivity index (χ3n) is 6.01. The summed E-state index contributed by atoms with van der Waals surface area (Å²) in [5, 5.41) is 2.86. The molecule has 7 heteroatoms. The zero-order chi connectivity index (χ0) is 25.8. The zero-order valence-corrected chi connectivity index (χ0v) is 21.7. The monoisotopic (exact) mass is 499 g/mol. The predicted octanol–water partition coefficient (Wildman–Crippen LogP) is 5.97. The van der Waals surface area contributed by atoms with Crippen molar-refractivity contribution in [1.29, 1.82) is 0 Å².